The highest BCUT2D eigenvalue weighted by atomic mass is 16.5. The summed E-state index contributed by atoms with van der Waals surface area (Å²) in [5.74, 6) is 0.0370. The molecule has 0 heterocycles. The Kier molecular flexibility index (Phi) is 9.18. The Labute approximate surface area is 97.3 Å². The molecule has 0 aromatic rings. The van der Waals surface area contributed by atoms with Crippen LogP contribution in [0.1, 0.15) is 19.8 Å². The molecule has 0 radical (unpaired) electrons. The van der Waals surface area contributed by atoms with Gasteiger partial charge in [-0.3, -0.25) is 4.79 Å². The van der Waals surface area contributed by atoms with E-state index in [1.54, 1.807) is 26.0 Å². The molecule has 0 saturated heterocycles. The molecule has 0 aliphatic heterocycles. The van der Waals surface area contributed by atoms with Gasteiger partial charge < -0.3 is 19.5 Å². The summed E-state index contributed by atoms with van der Waals surface area (Å²) in [6.45, 7) is 3.85. The summed E-state index contributed by atoms with van der Waals surface area (Å²) in [4.78, 5) is 13.5. The zero-order valence-electron chi connectivity index (χ0n) is 10.4. The molecule has 0 aromatic carbocycles. The van der Waals surface area contributed by atoms with Crippen LogP contribution in [0.15, 0.2) is 0 Å². The molecule has 1 amide bonds. The maximum absolute atomic E-state index is 11.8. The molecule has 0 saturated carbocycles. The van der Waals surface area contributed by atoms with Gasteiger partial charge in [0.2, 0.25) is 5.91 Å². The lowest BCUT2D eigenvalue weighted by Gasteiger charge is -2.22. The number of carbonyl (C=O) groups is 1. The van der Waals surface area contributed by atoms with Crippen LogP contribution in [0, 0.1) is 0 Å². The molecule has 1 atom stereocenters. The minimum Gasteiger partial charge on any atom is -0.393 e. The maximum atomic E-state index is 11.8. The molecule has 0 aliphatic rings. The zero-order valence-corrected chi connectivity index (χ0v) is 10.4. The number of rotatable bonds is 9. The number of hydrogen-bond acceptors (Lipinski definition) is 4. The normalized spacial score (nSPS) is 12.5. The van der Waals surface area contributed by atoms with E-state index in [0.29, 0.717) is 39.1 Å². The topological polar surface area (TPSA) is 59.0 Å². The van der Waals surface area contributed by atoms with Crippen molar-refractivity contribution in [1.82, 2.24) is 4.90 Å². The van der Waals surface area contributed by atoms with Gasteiger partial charge in [0.15, 0.2) is 0 Å². The molecule has 0 rings (SSSR count). The standard InChI is InChI=1S/C11H23NO4/c1-10(13)4-5-11(14)12(6-8-15-2)7-9-16-3/h10,13H,4-9H2,1-3H3. The molecule has 0 fully saturated rings. The van der Waals surface area contributed by atoms with Crippen molar-refractivity contribution in [2.75, 3.05) is 40.5 Å². The predicted molar refractivity (Wildman–Crippen MR) is 61.2 cm³/mol. The third-order valence-corrected chi connectivity index (χ3v) is 2.26. The highest BCUT2D eigenvalue weighted by Gasteiger charge is 2.13. The monoisotopic (exact) mass is 233 g/mol. The van der Waals surface area contributed by atoms with Crippen molar-refractivity contribution in [3.05, 3.63) is 0 Å². The third-order valence-electron chi connectivity index (χ3n) is 2.26. The van der Waals surface area contributed by atoms with Crippen molar-refractivity contribution in [1.29, 1.82) is 0 Å². The van der Waals surface area contributed by atoms with Gasteiger partial charge >= 0.3 is 0 Å². The highest BCUT2D eigenvalue weighted by Crippen LogP contribution is 2.01. The van der Waals surface area contributed by atoms with E-state index in [9.17, 15) is 4.79 Å². The lowest BCUT2D eigenvalue weighted by atomic mass is 10.2. The van der Waals surface area contributed by atoms with Crippen LogP contribution in [0.5, 0.6) is 0 Å². The number of carbonyl (C=O) groups excluding carboxylic acids is 1. The lowest BCUT2D eigenvalue weighted by Crippen LogP contribution is -2.36. The van der Waals surface area contributed by atoms with Crippen molar-refractivity contribution in [3.8, 4) is 0 Å². The van der Waals surface area contributed by atoms with Gasteiger partial charge in [-0.2, -0.15) is 0 Å². The highest BCUT2D eigenvalue weighted by molar-refractivity contribution is 5.76. The maximum Gasteiger partial charge on any atom is 0.222 e. The lowest BCUT2D eigenvalue weighted by molar-refractivity contribution is -0.133. The Morgan fingerprint density at radius 1 is 1.25 bits per heavy atom. The van der Waals surface area contributed by atoms with Crippen molar-refractivity contribution in [2.24, 2.45) is 0 Å². The Hall–Kier alpha value is -0.650. The second-order valence-corrected chi connectivity index (χ2v) is 3.75. The zero-order chi connectivity index (χ0) is 12.4. The summed E-state index contributed by atoms with van der Waals surface area (Å²) in [6.07, 6.45) is 0.427. The van der Waals surface area contributed by atoms with E-state index in [2.05, 4.69) is 0 Å². The first-order valence-electron chi connectivity index (χ1n) is 5.55. The van der Waals surface area contributed by atoms with E-state index < -0.39 is 6.10 Å². The summed E-state index contributed by atoms with van der Waals surface area (Å²) in [5, 5.41) is 9.12. The Morgan fingerprint density at radius 2 is 1.75 bits per heavy atom. The number of methoxy groups -OCH3 is 2. The van der Waals surface area contributed by atoms with Crippen LogP contribution in [0.2, 0.25) is 0 Å². The van der Waals surface area contributed by atoms with E-state index in [0.717, 1.165) is 0 Å². The van der Waals surface area contributed by atoms with Gasteiger partial charge in [-0.15, -0.1) is 0 Å². The Morgan fingerprint density at radius 3 is 2.12 bits per heavy atom. The molecule has 0 bridgehead atoms. The fourth-order valence-electron chi connectivity index (χ4n) is 1.25. The third kappa shape index (κ3) is 7.62. The second kappa shape index (κ2) is 9.57. The first-order valence-corrected chi connectivity index (χ1v) is 5.55. The molecule has 0 aromatic heterocycles. The Bertz CT molecular complexity index is 177. The van der Waals surface area contributed by atoms with Crippen molar-refractivity contribution < 1.29 is 19.4 Å². The van der Waals surface area contributed by atoms with Crippen LogP contribution in [-0.4, -0.2) is 62.5 Å². The molecule has 5 heteroatoms. The predicted octanol–water partition coefficient (Wildman–Crippen LogP) is 0.269. The molecule has 0 spiro atoms. The quantitative estimate of drug-likeness (QED) is 0.621. The number of nitrogens with zero attached hydrogens (tertiary/aromatic N) is 1. The van der Waals surface area contributed by atoms with Crippen molar-refractivity contribution >= 4 is 5.91 Å². The second-order valence-electron chi connectivity index (χ2n) is 3.75. The molecular formula is C11H23NO4. The number of amides is 1. The minimum absolute atomic E-state index is 0.0370. The number of aliphatic hydroxyl groups is 1. The van der Waals surface area contributed by atoms with Gasteiger partial charge in [-0.1, -0.05) is 0 Å². The van der Waals surface area contributed by atoms with Crippen LogP contribution in [0.4, 0.5) is 0 Å². The van der Waals surface area contributed by atoms with E-state index in [4.69, 9.17) is 14.6 Å². The Balaban J connectivity index is 3.98. The van der Waals surface area contributed by atoms with Gasteiger partial charge in [-0.05, 0) is 13.3 Å². The summed E-state index contributed by atoms with van der Waals surface area (Å²) in [7, 11) is 3.21. The summed E-state index contributed by atoms with van der Waals surface area (Å²) >= 11 is 0. The molecule has 1 N–H and O–H groups in total. The number of aliphatic hydroxyl groups excluding tert-OH is 1. The van der Waals surface area contributed by atoms with Gasteiger partial charge in [-0.25, -0.2) is 0 Å². The van der Waals surface area contributed by atoms with E-state index >= 15 is 0 Å². The smallest absolute Gasteiger partial charge is 0.222 e. The van der Waals surface area contributed by atoms with Gasteiger partial charge in [0.1, 0.15) is 0 Å². The van der Waals surface area contributed by atoms with Crippen LogP contribution in [0.3, 0.4) is 0 Å². The van der Waals surface area contributed by atoms with Crippen molar-refractivity contribution in [3.63, 3.8) is 0 Å². The van der Waals surface area contributed by atoms with E-state index in [1.807, 2.05) is 0 Å². The summed E-state index contributed by atoms with van der Waals surface area (Å²) in [6, 6.07) is 0. The molecule has 0 aliphatic carbocycles. The number of ether oxygens (including phenoxy) is 2. The van der Waals surface area contributed by atoms with Crippen LogP contribution in [0.25, 0.3) is 0 Å². The van der Waals surface area contributed by atoms with Crippen LogP contribution in [-0.2, 0) is 14.3 Å². The van der Waals surface area contributed by atoms with Crippen molar-refractivity contribution in [2.45, 2.75) is 25.9 Å². The average molecular weight is 233 g/mol. The average Bonchev–Trinajstić information content (AvgIpc) is 2.26. The van der Waals surface area contributed by atoms with Crippen LogP contribution >= 0.6 is 0 Å². The SMILES string of the molecule is COCCN(CCOC)C(=O)CCC(C)O. The minimum atomic E-state index is -0.435. The molecule has 16 heavy (non-hydrogen) atoms. The van der Waals surface area contributed by atoms with Crippen LogP contribution < -0.4 is 0 Å². The fraction of sp³-hybridized carbons (Fsp3) is 0.909. The molecule has 1 unspecified atom stereocenters. The summed E-state index contributed by atoms with van der Waals surface area (Å²) in [5.41, 5.74) is 0. The number of hydrogen-bond donors (Lipinski definition) is 1. The van der Waals surface area contributed by atoms with E-state index in [-0.39, 0.29) is 5.91 Å². The van der Waals surface area contributed by atoms with Gasteiger partial charge in [0.05, 0.1) is 19.3 Å². The fourth-order valence-corrected chi connectivity index (χ4v) is 1.25. The van der Waals surface area contributed by atoms with E-state index in [1.165, 1.54) is 0 Å². The largest absolute Gasteiger partial charge is 0.393 e. The first kappa shape index (κ1) is 15.3. The van der Waals surface area contributed by atoms with Gasteiger partial charge in [0, 0.05) is 33.7 Å². The molecular weight excluding hydrogens is 210 g/mol. The molecule has 5 nitrogen and oxygen atoms in total. The summed E-state index contributed by atoms with van der Waals surface area (Å²) < 4.78 is 9.89. The molecule has 96 valence electrons. The van der Waals surface area contributed by atoms with Gasteiger partial charge in [0.25, 0.3) is 0 Å². The first-order chi connectivity index (χ1) is 7.61.